The molecular weight excluding hydrogens is 314 g/mol. The average molecular weight is 341 g/mol. The molecule has 2 N–H and O–H groups in total. The minimum absolute atomic E-state index is 0.121. The minimum atomic E-state index is 0.121. The Balaban J connectivity index is 1.85. The Labute approximate surface area is 149 Å². The molecule has 2 rings (SSSR count). The molecule has 0 unspecified atom stereocenters. The molecule has 0 fully saturated rings. The molecule has 134 valence electrons. The predicted octanol–water partition coefficient (Wildman–Crippen LogP) is 4.37. The first-order chi connectivity index (χ1) is 12.1. The van der Waals surface area contributed by atoms with Crippen LogP contribution in [0.4, 0.5) is 0 Å². The highest BCUT2D eigenvalue weighted by atomic mass is 16.5. The van der Waals surface area contributed by atoms with Crippen molar-refractivity contribution in [2.75, 3.05) is 13.2 Å². The van der Waals surface area contributed by atoms with Gasteiger partial charge in [0.2, 0.25) is 11.8 Å². The molecule has 1 heterocycles. The zero-order chi connectivity index (χ0) is 18.1. The molecule has 5 heteroatoms. The van der Waals surface area contributed by atoms with Crippen molar-refractivity contribution >= 4 is 5.90 Å². The fraction of sp³-hybridized carbons (Fsp3) is 0.400. The third-order valence-electron chi connectivity index (χ3n) is 3.66. The number of rotatable bonds is 9. The van der Waals surface area contributed by atoms with Crippen LogP contribution < -0.4 is 10.1 Å². The van der Waals surface area contributed by atoms with Gasteiger partial charge in [0, 0.05) is 18.8 Å². The van der Waals surface area contributed by atoms with Crippen LogP contribution in [0.2, 0.25) is 0 Å². The molecule has 0 aliphatic carbocycles. The Morgan fingerprint density at radius 1 is 1.16 bits per heavy atom. The second-order valence-corrected chi connectivity index (χ2v) is 6.25. The lowest BCUT2D eigenvalue weighted by molar-refractivity contribution is 0.325. The molecule has 25 heavy (non-hydrogen) atoms. The summed E-state index contributed by atoms with van der Waals surface area (Å²) in [5.41, 5.74) is 1.86. The molecule has 1 aromatic heterocycles. The van der Waals surface area contributed by atoms with Gasteiger partial charge in [-0.3, -0.25) is 5.41 Å². The topological polar surface area (TPSA) is 67.2 Å². The number of benzene rings is 1. The monoisotopic (exact) mass is 341 g/mol. The minimum Gasteiger partial charge on any atom is -0.478 e. The number of hydrogen-bond acceptors (Lipinski definition) is 5. The van der Waals surface area contributed by atoms with Crippen molar-refractivity contribution < 1.29 is 9.47 Å². The highest BCUT2D eigenvalue weighted by molar-refractivity contribution is 5.91. The summed E-state index contributed by atoms with van der Waals surface area (Å²) < 4.78 is 10.9. The van der Waals surface area contributed by atoms with Gasteiger partial charge in [-0.1, -0.05) is 26.0 Å². The van der Waals surface area contributed by atoms with E-state index in [0.29, 0.717) is 18.1 Å². The maximum atomic E-state index is 7.73. The molecule has 2 aromatic rings. The lowest BCUT2D eigenvalue weighted by atomic mass is 10.1. The fourth-order valence-corrected chi connectivity index (χ4v) is 2.22. The highest BCUT2D eigenvalue weighted by Crippen LogP contribution is 2.20. The van der Waals surface area contributed by atoms with Crippen molar-refractivity contribution in [3.63, 3.8) is 0 Å². The van der Waals surface area contributed by atoms with E-state index in [2.05, 4.69) is 36.3 Å². The van der Waals surface area contributed by atoms with Gasteiger partial charge in [-0.15, -0.1) is 0 Å². The molecule has 0 radical (unpaired) electrons. The summed E-state index contributed by atoms with van der Waals surface area (Å²) in [7, 11) is 0. The van der Waals surface area contributed by atoms with Gasteiger partial charge in [0.05, 0.1) is 12.2 Å². The van der Waals surface area contributed by atoms with E-state index in [1.807, 2.05) is 19.1 Å². The van der Waals surface area contributed by atoms with Gasteiger partial charge >= 0.3 is 0 Å². The molecule has 0 saturated carbocycles. The first-order valence-electron chi connectivity index (χ1n) is 8.73. The van der Waals surface area contributed by atoms with Gasteiger partial charge in [-0.2, -0.15) is 0 Å². The van der Waals surface area contributed by atoms with E-state index in [1.165, 1.54) is 12.0 Å². The Morgan fingerprint density at radius 3 is 2.52 bits per heavy atom. The summed E-state index contributed by atoms with van der Waals surface area (Å²) in [5, 5.41) is 11.2. The third-order valence-corrected chi connectivity index (χ3v) is 3.66. The van der Waals surface area contributed by atoms with Crippen molar-refractivity contribution in [3.05, 3.63) is 53.7 Å². The van der Waals surface area contributed by atoms with Gasteiger partial charge in [-0.05, 0) is 49.6 Å². The third kappa shape index (κ3) is 6.55. The number of nitrogens with zero attached hydrogens (tertiary/aromatic N) is 1. The maximum Gasteiger partial charge on any atom is 0.219 e. The molecule has 5 nitrogen and oxygen atoms in total. The maximum absolute atomic E-state index is 7.73. The number of nitrogens with one attached hydrogen (secondary N) is 2. The molecule has 0 aliphatic rings. The van der Waals surface area contributed by atoms with Gasteiger partial charge in [0.25, 0.3) is 0 Å². The Hall–Kier alpha value is -2.40. The van der Waals surface area contributed by atoms with Gasteiger partial charge in [-0.25, -0.2) is 4.98 Å². The van der Waals surface area contributed by atoms with Crippen molar-refractivity contribution in [3.8, 4) is 11.6 Å². The van der Waals surface area contributed by atoms with E-state index in [4.69, 9.17) is 14.9 Å². The fourth-order valence-electron chi connectivity index (χ4n) is 2.22. The Morgan fingerprint density at radius 2 is 1.92 bits per heavy atom. The number of pyridine rings is 1. The smallest absolute Gasteiger partial charge is 0.219 e. The van der Waals surface area contributed by atoms with E-state index in [-0.39, 0.29) is 5.90 Å². The van der Waals surface area contributed by atoms with Crippen molar-refractivity contribution in [2.45, 2.75) is 33.7 Å². The van der Waals surface area contributed by atoms with Crippen LogP contribution in [-0.2, 0) is 11.3 Å². The number of aromatic nitrogens is 1. The molecular formula is C20H27N3O2. The first-order valence-corrected chi connectivity index (χ1v) is 8.73. The van der Waals surface area contributed by atoms with Crippen LogP contribution in [-0.4, -0.2) is 24.0 Å². The molecule has 0 atom stereocenters. The van der Waals surface area contributed by atoms with Crippen LogP contribution in [0.25, 0.3) is 0 Å². The Kier molecular flexibility index (Phi) is 7.41. The van der Waals surface area contributed by atoms with Gasteiger partial charge < -0.3 is 14.8 Å². The Bertz CT molecular complexity index is 652. The molecule has 1 aromatic carbocycles. The van der Waals surface area contributed by atoms with Gasteiger partial charge in [0.1, 0.15) is 5.75 Å². The lowest BCUT2D eigenvalue weighted by Crippen LogP contribution is -2.16. The van der Waals surface area contributed by atoms with Crippen LogP contribution in [0.5, 0.6) is 11.6 Å². The molecule has 0 aliphatic heterocycles. The zero-order valence-corrected chi connectivity index (χ0v) is 15.2. The summed E-state index contributed by atoms with van der Waals surface area (Å²) >= 11 is 0. The van der Waals surface area contributed by atoms with Crippen molar-refractivity contribution in [1.82, 2.24) is 10.3 Å². The normalized spacial score (nSPS) is 10.7. The predicted molar refractivity (Wildman–Crippen MR) is 100 cm³/mol. The summed E-state index contributed by atoms with van der Waals surface area (Å²) in [5.74, 6) is 2.08. The van der Waals surface area contributed by atoms with E-state index in [0.717, 1.165) is 24.8 Å². The molecule has 0 spiro atoms. The van der Waals surface area contributed by atoms with Crippen LogP contribution >= 0.6 is 0 Å². The molecule has 0 bridgehead atoms. The van der Waals surface area contributed by atoms with E-state index in [1.54, 1.807) is 18.3 Å². The largest absolute Gasteiger partial charge is 0.478 e. The van der Waals surface area contributed by atoms with Gasteiger partial charge in [0.15, 0.2) is 0 Å². The summed E-state index contributed by atoms with van der Waals surface area (Å²) in [6.07, 6.45) is 2.77. The summed E-state index contributed by atoms with van der Waals surface area (Å²) in [6.45, 7) is 8.67. The lowest BCUT2D eigenvalue weighted by Gasteiger charge is -2.09. The number of hydrogen-bond donors (Lipinski definition) is 2. The second kappa shape index (κ2) is 9.79. The molecule has 0 saturated heterocycles. The quantitative estimate of drug-likeness (QED) is 0.404. The van der Waals surface area contributed by atoms with E-state index < -0.39 is 0 Å². The summed E-state index contributed by atoms with van der Waals surface area (Å²) in [6, 6.07) is 11.5. The molecule has 0 amide bonds. The zero-order valence-electron chi connectivity index (χ0n) is 15.2. The van der Waals surface area contributed by atoms with E-state index >= 15 is 0 Å². The second-order valence-electron chi connectivity index (χ2n) is 6.25. The first kappa shape index (κ1) is 18.9. The van der Waals surface area contributed by atoms with Crippen LogP contribution in [0.15, 0.2) is 42.6 Å². The SMILES string of the molecule is CCOC(=N)c1ccc(Oc2ccc(CNCCC(C)C)cc2)nc1. The highest BCUT2D eigenvalue weighted by Gasteiger charge is 2.04. The van der Waals surface area contributed by atoms with E-state index in [9.17, 15) is 0 Å². The van der Waals surface area contributed by atoms with Crippen LogP contribution in [0.3, 0.4) is 0 Å². The number of ether oxygens (including phenoxy) is 2. The summed E-state index contributed by atoms with van der Waals surface area (Å²) in [4.78, 5) is 4.22. The van der Waals surface area contributed by atoms with Crippen LogP contribution in [0.1, 0.15) is 38.3 Å². The van der Waals surface area contributed by atoms with Crippen molar-refractivity contribution in [2.24, 2.45) is 5.92 Å². The van der Waals surface area contributed by atoms with Crippen LogP contribution in [0, 0.1) is 11.3 Å². The average Bonchev–Trinajstić information content (AvgIpc) is 2.61. The van der Waals surface area contributed by atoms with Crippen molar-refractivity contribution in [1.29, 1.82) is 5.41 Å². The standard InChI is InChI=1S/C20H27N3O2/c1-4-24-20(21)17-7-10-19(23-14-17)25-18-8-5-16(6-9-18)13-22-12-11-15(2)3/h5-10,14-15,21-22H,4,11-13H2,1-3H3.